The third-order valence-corrected chi connectivity index (χ3v) is 7.89. The highest BCUT2D eigenvalue weighted by molar-refractivity contribution is 5.90. The monoisotopic (exact) mass is 543 g/mol. The zero-order valence-corrected chi connectivity index (χ0v) is 23.6. The molecule has 1 N–H and O–H groups in total. The van der Waals surface area contributed by atoms with E-state index in [0.717, 1.165) is 55.3 Å². The van der Waals surface area contributed by atoms with Crippen LogP contribution in [0.2, 0.25) is 0 Å². The van der Waals surface area contributed by atoms with Gasteiger partial charge in [0.15, 0.2) is 0 Å². The summed E-state index contributed by atoms with van der Waals surface area (Å²) in [6.07, 6.45) is 13.1. The van der Waals surface area contributed by atoms with Gasteiger partial charge in [-0.2, -0.15) is 13.2 Å². The number of hydrogen-bond acceptors (Lipinski definition) is 1. The summed E-state index contributed by atoms with van der Waals surface area (Å²) in [4.78, 5) is 12.3. The van der Waals surface area contributed by atoms with E-state index in [2.05, 4.69) is 12.2 Å². The quantitative estimate of drug-likeness (QED) is 0.198. The Morgan fingerprint density at radius 1 is 0.846 bits per heavy atom. The predicted octanol–water partition coefficient (Wildman–Crippen LogP) is 9.99. The van der Waals surface area contributed by atoms with Crippen molar-refractivity contribution in [3.8, 4) is 0 Å². The van der Waals surface area contributed by atoms with Gasteiger partial charge in [-0.1, -0.05) is 102 Å². The average Bonchev–Trinajstić information content (AvgIpc) is 3.45. The molecule has 0 aromatic heterocycles. The summed E-state index contributed by atoms with van der Waals surface area (Å²) in [5.74, 6) is 0.418. The Bertz CT molecular complexity index is 950. The van der Waals surface area contributed by atoms with Gasteiger partial charge in [0.05, 0.1) is 11.6 Å². The normalized spacial score (nSPS) is 15.0. The number of benzene rings is 2. The molecule has 1 fully saturated rings. The van der Waals surface area contributed by atoms with Crippen LogP contribution in [0.1, 0.15) is 126 Å². The van der Waals surface area contributed by atoms with E-state index >= 15 is 0 Å². The van der Waals surface area contributed by atoms with E-state index in [1.165, 1.54) is 63.5 Å². The fourth-order valence-electron chi connectivity index (χ4n) is 5.56. The Labute approximate surface area is 233 Å². The van der Waals surface area contributed by atoms with Crippen LogP contribution in [0.25, 0.3) is 0 Å². The van der Waals surface area contributed by atoms with Crippen LogP contribution in [0, 0.1) is 5.92 Å². The molecular weight excluding hydrogens is 497 g/mol. The molecule has 1 aliphatic rings. The molecule has 2 aromatic rings. The molecule has 3 rings (SSSR count). The van der Waals surface area contributed by atoms with E-state index in [0.29, 0.717) is 18.9 Å². The second kappa shape index (κ2) is 16.7. The van der Waals surface area contributed by atoms with Crippen molar-refractivity contribution in [2.75, 3.05) is 5.32 Å². The number of carbonyl (C=O) groups excluding carboxylic acids is 1. The molecular formula is C33H46F3N2O. The maximum atomic E-state index is 13.0. The van der Waals surface area contributed by atoms with Gasteiger partial charge in [-0.3, -0.25) is 4.79 Å². The molecule has 0 heterocycles. The first-order valence-corrected chi connectivity index (χ1v) is 15.1. The van der Waals surface area contributed by atoms with Crippen molar-refractivity contribution >= 4 is 11.6 Å². The van der Waals surface area contributed by atoms with Crippen LogP contribution < -0.4 is 10.6 Å². The summed E-state index contributed by atoms with van der Waals surface area (Å²) in [6.45, 7) is 2.74. The lowest BCUT2D eigenvalue weighted by atomic mass is 9.91. The van der Waals surface area contributed by atoms with E-state index in [1.54, 1.807) is 12.1 Å². The standard InChI is InChI=1S/C33H46F3N2O/c1-2-3-4-5-6-7-8-9-10-11-16-31(39)38-30-23-17-26(18-24-30)25-37-32(27-14-12-13-15-27)28-19-21-29(22-20-28)33(34,35)36/h17-24,27,32H,2-16,25H2,1H3,(H,38,39). The number of carbonyl (C=O) groups is 1. The van der Waals surface area contributed by atoms with Crippen molar-refractivity contribution in [3.63, 3.8) is 0 Å². The second-order valence-corrected chi connectivity index (χ2v) is 11.1. The predicted molar refractivity (Wildman–Crippen MR) is 154 cm³/mol. The first-order valence-electron chi connectivity index (χ1n) is 15.1. The van der Waals surface area contributed by atoms with E-state index in [9.17, 15) is 18.0 Å². The molecule has 6 heteroatoms. The van der Waals surface area contributed by atoms with E-state index < -0.39 is 11.7 Å². The van der Waals surface area contributed by atoms with Gasteiger partial charge in [-0.15, -0.1) is 0 Å². The number of halogens is 3. The minimum atomic E-state index is -4.33. The van der Waals surface area contributed by atoms with Gasteiger partial charge in [-0.25, -0.2) is 5.32 Å². The molecule has 0 aliphatic heterocycles. The fraction of sp³-hybridized carbons (Fsp3) is 0.606. The molecule has 215 valence electrons. The van der Waals surface area contributed by atoms with Crippen LogP contribution in [0.5, 0.6) is 0 Å². The summed E-state index contributed by atoms with van der Waals surface area (Å²) >= 11 is 0. The molecule has 1 amide bonds. The lowest BCUT2D eigenvalue weighted by Gasteiger charge is -2.24. The summed E-state index contributed by atoms with van der Waals surface area (Å²) in [7, 11) is 0. The highest BCUT2D eigenvalue weighted by Gasteiger charge is 2.31. The second-order valence-electron chi connectivity index (χ2n) is 11.1. The van der Waals surface area contributed by atoms with Gasteiger partial charge in [-0.05, 0) is 60.6 Å². The summed E-state index contributed by atoms with van der Waals surface area (Å²) < 4.78 is 39.0. The van der Waals surface area contributed by atoms with Crippen molar-refractivity contribution in [3.05, 3.63) is 65.2 Å². The van der Waals surface area contributed by atoms with E-state index in [4.69, 9.17) is 5.32 Å². The number of rotatable bonds is 17. The molecule has 3 nitrogen and oxygen atoms in total. The number of anilines is 1. The van der Waals surface area contributed by atoms with Crippen molar-refractivity contribution < 1.29 is 18.0 Å². The Morgan fingerprint density at radius 3 is 1.97 bits per heavy atom. The number of nitrogens with one attached hydrogen (secondary N) is 1. The molecule has 1 saturated carbocycles. The van der Waals surface area contributed by atoms with Crippen molar-refractivity contribution in [2.45, 2.75) is 122 Å². The van der Waals surface area contributed by atoms with Gasteiger partial charge in [0, 0.05) is 18.7 Å². The Balaban J connectivity index is 1.39. The molecule has 39 heavy (non-hydrogen) atoms. The molecule has 2 aromatic carbocycles. The maximum Gasteiger partial charge on any atom is 0.416 e. The molecule has 1 unspecified atom stereocenters. The first kappa shape index (κ1) is 31.2. The smallest absolute Gasteiger partial charge is 0.326 e. The third-order valence-electron chi connectivity index (χ3n) is 7.89. The lowest BCUT2D eigenvalue weighted by Crippen LogP contribution is -2.21. The summed E-state index contributed by atoms with van der Waals surface area (Å²) in [5, 5.41) is 7.94. The Morgan fingerprint density at radius 2 is 1.41 bits per heavy atom. The fourth-order valence-corrected chi connectivity index (χ4v) is 5.56. The van der Waals surface area contributed by atoms with Crippen LogP contribution in [0.3, 0.4) is 0 Å². The van der Waals surface area contributed by atoms with E-state index in [-0.39, 0.29) is 11.9 Å². The zero-order valence-electron chi connectivity index (χ0n) is 23.6. The van der Waals surface area contributed by atoms with Gasteiger partial charge in [0.25, 0.3) is 0 Å². The number of nitrogens with zero attached hydrogens (tertiary/aromatic N) is 1. The molecule has 0 bridgehead atoms. The van der Waals surface area contributed by atoms with Crippen LogP contribution >= 0.6 is 0 Å². The molecule has 1 atom stereocenters. The van der Waals surface area contributed by atoms with Crippen LogP contribution in [0.15, 0.2) is 48.5 Å². The minimum Gasteiger partial charge on any atom is -0.326 e. The van der Waals surface area contributed by atoms with Gasteiger partial charge < -0.3 is 5.32 Å². The summed E-state index contributed by atoms with van der Waals surface area (Å²) in [5.41, 5.74) is 2.04. The Kier molecular flexibility index (Phi) is 13.3. The topological polar surface area (TPSA) is 43.2 Å². The molecule has 1 radical (unpaired) electrons. The number of unbranched alkanes of at least 4 members (excludes halogenated alkanes) is 9. The van der Waals surface area contributed by atoms with Gasteiger partial charge in [0.2, 0.25) is 5.91 Å². The zero-order chi connectivity index (χ0) is 27.9. The average molecular weight is 544 g/mol. The largest absolute Gasteiger partial charge is 0.416 e. The first-order chi connectivity index (χ1) is 18.9. The Hall–Kier alpha value is -2.34. The minimum absolute atomic E-state index is 0.0515. The van der Waals surface area contributed by atoms with Crippen LogP contribution in [0.4, 0.5) is 18.9 Å². The molecule has 0 spiro atoms. The highest BCUT2D eigenvalue weighted by atomic mass is 19.4. The van der Waals surface area contributed by atoms with Gasteiger partial charge >= 0.3 is 6.18 Å². The molecule has 0 saturated heterocycles. The third kappa shape index (κ3) is 11.4. The maximum absolute atomic E-state index is 13.0. The van der Waals surface area contributed by atoms with E-state index in [1.807, 2.05) is 24.3 Å². The van der Waals surface area contributed by atoms with Gasteiger partial charge in [0.1, 0.15) is 0 Å². The molecule has 1 aliphatic carbocycles. The van der Waals surface area contributed by atoms with Crippen molar-refractivity contribution in [1.29, 1.82) is 0 Å². The van der Waals surface area contributed by atoms with Crippen molar-refractivity contribution in [1.82, 2.24) is 5.32 Å². The number of amides is 1. The lowest BCUT2D eigenvalue weighted by molar-refractivity contribution is -0.137. The van der Waals surface area contributed by atoms with Crippen molar-refractivity contribution in [2.24, 2.45) is 5.92 Å². The van der Waals surface area contributed by atoms with Crippen LogP contribution in [-0.4, -0.2) is 5.91 Å². The highest BCUT2D eigenvalue weighted by Crippen LogP contribution is 2.38. The number of hydrogen-bond donors (Lipinski definition) is 1. The van der Waals surface area contributed by atoms with Crippen LogP contribution in [-0.2, 0) is 17.5 Å². The summed E-state index contributed by atoms with van der Waals surface area (Å²) in [6, 6.07) is 13.2. The SMILES string of the molecule is CCCCCCCCCCCCC(=O)Nc1ccc(C[N]C(c2ccc(C(F)(F)F)cc2)C2CCCC2)cc1. The number of alkyl halides is 3.